The van der Waals surface area contributed by atoms with Crippen molar-refractivity contribution in [1.82, 2.24) is 10.2 Å². The summed E-state index contributed by atoms with van der Waals surface area (Å²) in [6.07, 6.45) is 5.05. The number of carbonyl (C=O) groups excluding carboxylic acids is 2. The molecule has 0 saturated heterocycles. The summed E-state index contributed by atoms with van der Waals surface area (Å²) in [7, 11) is 0. The van der Waals surface area contributed by atoms with E-state index in [4.69, 9.17) is 16.3 Å². The van der Waals surface area contributed by atoms with Gasteiger partial charge < -0.3 is 15.0 Å². The number of hydrogen-bond acceptors (Lipinski definition) is 3. The maximum atomic E-state index is 13.2. The van der Waals surface area contributed by atoms with Gasteiger partial charge in [-0.2, -0.15) is 0 Å². The maximum absolute atomic E-state index is 13.2. The second-order valence-electron chi connectivity index (χ2n) is 7.57. The van der Waals surface area contributed by atoms with Crippen molar-refractivity contribution in [2.45, 2.75) is 57.9 Å². The minimum Gasteiger partial charge on any atom is -0.492 e. The third kappa shape index (κ3) is 4.23. The second-order valence-corrected chi connectivity index (χ2v) is 8.01. The first kappa shape index (κ1) is 20.0. The zero-order valence-electron chi connectivity index (χ0n) is 16.2. The van der Waals surface area contributed by atoms with Crippen LogP contribution in [0.25, 0.3) is 0 Å². The molecule has 0 bridgehead atoms. The van der Waals surface area contributed by atoms with E-state index in [1.54, 1.807) is 6.07 Å². The molecule has 2 amide bonds. The lowest BCUT2D eigenvalue weighted by molar-refractivity contribution is -0.144. The highest BCUT2D eigenvalue weighted by Gasteiger charge is 2.44. The normalized spacial score (nSPS) is 20.9. The molecular formula is C21H29ClN2O3. The number of ether oxygens (including phenoxy) is 1. The van der Waals surface area contributed by atoms with Crippen LogP contribution in [0.4, 0.5) is 0 Å². The van der Waals surface area contributed by atoms with E-state index < -0.39 is 5.54 Å². The number of rotatable bonds is 5. The molecule has 1 aromatic carbocycles. The van der Waals surface area contributed by atoms with Crippen LogP contribution in [0.15, 0.2) is 18.2 Å². The molecule has 2 aliphatic rings. The molecule has 1 aliphatic heterocycles. The molecule has 0 spiro atoms. The second kappa shape index (κ2) is 8.51. The summed E-state index contributed by atoms with van der Waals surface area (Å²) in [5, 5.41) is 3.79. The largest absolute Gasteiger partial charge is 0.492 e. The standard InChI is InChI=1S/C21H29ClN2O3/c1-3-24(4-2)20(26)21(10-6-5-7-11-21)23-19(25)16-12-15-13-17(22)8-9-18(15)27-14-16/h8-9,13,16H,3-7,10-12,14H2,1-2H3,(H,23,25). The van der Waals surface area contributed by atoms with E-state index in [0.29, 0.717) is 44.0 Å². The van der Waals surface area contributed by atoms with Crippen LogP contribution in [0.5, 0.6) is 5.75 Å². The molecule has 1 atom stereocenters. The van der Waals surface area contributed by atoms with E-state index in [1.165, 1.54) is 0 Å². The number of benzene rings is 1. The Hall–Kier alpha value is -1.75. The Morgan fingerprint density at radius 2 is 1.93 bits per heavy atom. The molecule has 148 valence electrons. The van der Waals surface area contributed by atoms with Gasteiger partial charge >= 0.3 is 0 Å². The molecule has 0 aromatic heterocycles. The van der Waals surface area contributed by atoms with Crippen molar-refractivity contribution in [3.63, 3.8) is 0 Å². The molecule has 1 aromatic rings. The number of nitrogens with zero attached hydrogens (tertiary/aromatic N) is 1. The summed E-state index contributed by atoms with van der Waals surface area (Å²) >= 11 is 6.08. The van der Waals surface area contributed by atoms with E-state index in [1.807, 2.05) is 30.9 Å². The van der Waals surface area contributed by atoms with Crippen LogP contribution in [-0.2, 0) is 16.0 Å². The molecule has 27 heavy (non-hydrogen) atoms. The van der Waals surface area contributed by atoms with Crippen LogP contribution in [0.2, 0.25) is 5.02 Å². The highest BCUT2D eigenvalue weighted by Crippen LogP contribution is 2.33. The highest BCUT2D eigenvalue weighted by molar-refractivity contribution is 6.30. The van der Waals surface area contributed by atoms with E-state index in [-0.39, 0.29) is 17.7 Å². The molecule has 3 rings (SSSR count). The summed E-state index contributed by atoms with van der Waals surface area (Å²) in [6, 6.07) is 5.49. The van der Waals surface area contributed by atoms with Gasteiger partial charge in [0.05, 0.1) is 5.92 Å². The molecule has 1 N–H and O–H groups in total. The Morgan fingerprint density at radius 1 is 1.22 bits per heavy atom. The Kier molecular flexibility index (Phi) is 6.30. The number of carbonyl (C=O) groups is 2. The number of likely N-dealkylation sites (N-methyl/N-ethyl adjacent to an activating group) is 1. The maximum Gasteiger partial charge on any atom is 0.248 e. The van der Waals surface area contributed by atoms with Gasteiger partial charge in [0.15, 0.2) is 0 Å². The molecule has 6 heteroatoms. The summed E-state index contributed by atoms with van der Waals surface area (Å²) in [6.45, 7) is 5.61. The van der Waals surface area contributed by atoms with Gasteiger partial charge in [-0.1, -0.05) is 30.9 Å². The highest BCUT2D eigenvalue weighted by atomic mass is 35.5. The van der Waals surface area contributed by atoms with Crippen molar-refractivity contribution in [2.24, 2.45) is 5.92 Å². The van der Waals surface area contributed by atoms with Gasteiger partial charge in [-0.25, -0.2) is 0 Å². The van der Waals surface area contributed by atoms with Crippen LogP contribution in [-0.4, -0.2) is 41.9 Å². The van der Waals surface area contributed by atoms with Crippen LogP contribution < -0.4 is 10.1 Å². The number of hydrogen-bond donors (Lipinski definition) is 1. The number of halogens is 1. The average molecular weight is 393 g/mol. The Balaban J connectivity index is 1.76. The monoisotopic (exact) mass is 392 g/mol. The lowest BCUT2D eigenvalue weighted by atomic mass is 9.79. The fourth-order valence-corrected chi connectivity index (χ4v) is 4.43. The Labute approximate surface area is 166 Å². The summed E-state index contributed by atoms with van der Waals surface area (Å²) in [5.41, 5.74) is 0.178. The van der Waals surface area contributed by atoms with Crippen molar-refractivity contribution in [2.75, 3.05) is 19.7 Å². The van der Waals surface area contributed by atoms with Gasteiger partial charge in [0.2, 0.25) is 11.8 Å². The first-order valence-electron chi connectivity index (χ1n) is 10.0. The quantitative estimate of drug-likeness (QED) is 0.833. The fraction of sp³-hybridized carbons (Fsp3) is 0.619. The molecule has 1 heterocycles. The lowest BCUT2D eigenvalue weighted by Crippen LogP contribution is -2.62. The zero-order valence-corrected chi connectivity index (χ0v) is 17.0. The van der Waals surface area contributed by atoms with E-state index in [9.17, 15) is 9.59 Å². The molecule has 0 radical (unpaired) electrons. The fourth-order valence-electron chi connectivity index (χ4n) is 4.23. The SMILES string of the molecule is CCN(CC)C(=O)C1(NC(=O)C2COc3ccc(Cl)cc3C2)CCCCC1. The Bertz CT molecular complexity index is 697. The van der Waals surface area contributed by atoms with Gasteiger partial charge in [-0.05, 0) is 56.9 Å². The predicted octanol–water partition coefficient (Wildman–Crippen LogP) is 3.58. The summed E-state index contributed by atoms with van der Waals surface area (Å²) < 4.78 is 5.77. The number of amides is 2. The van der Waals surface area contributed by atoms with Gasteiger partial charge in [-0.3, -0.25) is 9.59 Å². The smallest absolute Gasteiger partial charge is 0.248 e. The van der Waals surface area contributed by atoms with Gasteiger partial charge in [0.1, 0.15) is 17.9 Å². The minimum atomic E-state index is -0.768. The van der Waals surface area contributed by atoms with Crippen molar-refractivity contribution in [3.05, 3.63) is 28.8 Å². The van der Waals surface area contributed by atoms with E-state index >= 15 is 0 Å². The molecule has 1 aliphatic carbocycles. The molecular weight excluding hydrogens is 364 g/mol. The van der Waals surface area contributed by atoms with Crippen molar-refractivity contribution in [1.29, 1.82) is 0 Å². The third-order valence-corrected chi connectivity index (χ3v) is 6.06. The number of fused-ring (bicyclic) bond motifs is 1. The number of nitrogens with one attached hydrogen (secondary N) is 1. The van der Waals surface area contributed by atoms with Gasteiger partial charge in [0, 0.05) is 18.1 Å². The predicted molar refractivity (Wildman–Crippen MR) is 106 cm³/mol. The van der Waals surface area contributed by atoms with Crippen LogP contribution in [0, 0.1) is 5.92 Å². The summed E-state index contributed by atoms with van der Waals surface area (Å²) in [4.78, 5) is 28.1. The lowest BCUT2D eigenvalue weighted by Gasteiger charge is -2.41. The van der Waals surface area contributed by atoms with Crippen molar-refractivity contribution >= 4 is 23.4 Å². The molecule has 1 unspecified atom stereocenters. The van der Waals surface area contributed by atoms with Crippen LogP contribution in [0.1, 0.15) is 51.5 Å². The summed E-state index contributed by atoms with van der Waals surface area (Å²) in [5.74, 6) is 0.443. The van der Waals surface area contributed by atoms with Gasteiger partial charge in [0.25, 0.3) is 0 Å². The van der Waals surface area contributed by atoms with Crippen LogP contribution in [0.3, 0.4) is 0 Å². The van der Waals surface area contributed by atoms with Crippen molar-refractivity contribution in [3.8, 4) is 5.75 Å². The first-order valence-corrected chi connectivity index (χ1v) is 10.4. The minimum absolute atomic E-state index is 0.0562. The third-order valence-electron chi connectivity index (χ3n) is 5.83. The molecule has 5 nitrogen and oxygen atoms in total. The zero-order chi connectivity index (χ0) is 19.4. The average Bonchev–Trinajstić information content (AvgIpc) is 2.68. The van der Waals surface area contributed by atoms with Gasteiger partial charge in [-0.15, -0.1) is 0 Å². The van der Waals surface area contributed by atoms with E-state index in [0.717, 1.165) is 30.6 Å². The van der Waals surface area contributed by atoms with Crippen LogP contribution >= 0.6 is 11.6 Å². The first-order chi connectivity index (χ1) is 13.0. The van der Waals surface area contributed by atoms with Crippen molar-refractivity contribution < 1.29 is 14.3 Å². The Morgan fingerprint density at radius 3 is 2.59 bits per heavy atom. The molecule has 1 saturated carbocycles. The van der Waals surface area contributed by atoms with E-state index in [2.05, 4.69) is 5.32 Å². The topological polar surface area (TPSA) is 58.6 Å². The molecule has 1 fully saturated rings.